The van der Waals surface area contributed by atoms with Gasteiger partial charge < -0.3 is 14.2 Å². The number of hydrogen-bond donors (Lipinski definition) is 0. The molecule has 0 N–H and O–H groups in total. The van der Waals surface area contributed by atoms with Gasteiger partial charge in [0.05, 0.1) is 6.54 Å². The molecule has 1 aliphatic rings. The minimum atomic E-state index is -4.69. The predicted octanol–water partition coefficient (Wildman–Crippen LogP) is 6.26. The molecule has 32 heavy (non-hydrogen) atoms. The van der Waals surface area contributed by atoms with Crippen LogP contribution >= 0.6 is 0 Å². The molecule has 8 heteroatoms. The number of halogens is 4. The molecular weight excluding hydrogens is 424 g/mol. The van der Waals surface area contributed by atoms with E-state index in [1.165, 1.54) is 36.1 Å². The maximum Gasteiger partial charge on any atom is 0.431 e. The highest BCUT2D eigenvalue weighted by Gasteiger charge is 2.41. The zero-order valence-electron chi connectivity index (χ0n) is 17.6. The van der Waals surface area contributed by atoms with Gasteiger partial charge in [-0.25, -0.2) is 9.18 Å². The largest absolute Gasteiger partial charge is 0.431 e. The molecule has 0 radical (unpaired) electrons. The van der Waals surface area contributed by atoms with Crippen LogP contribution in [0.3, 0.4) is 0 Å². The number of nitrogens with zero attached hydrogens (tertiary/aromatic N) is 2. The second-order valence-corrected chi connectivity index (χ2v) is 7.94. The summed E-state index contributed by atoms with van der Waals surface area (Å²) in [6.07, 6.45) is -3.76. The van der Waals surface area contributed by atoms with Gasteiger partial charge in [0.2, 0.25) is 5.88 Å². The van der Waals surface area contributed by atoms with Gasteiger partial charge in [-0.1, -0.05) is 42.5 Å². The van der Waals surface area contributed by atoms with Crippen LogP contribution in [0.5, 0.6) is 5.88 Å². The fourth-order valence-electron chi connectivity index (χ4n) is 3.83. The normalized spacial score (nSPS) is 13.8. The lowest BCUT2D eigenvalue weighted by molar-refractivity contribution is -0.144. The van der Waals surface area contributed by atoms with Crippen molar-refractivity contribution in [3.05, 3.63) is 77.2 Å². The maximum absolute atomic E-state index is 14.2. The second-order valence-electron chi connectivity index (χ2n) is 7.94. The quantitative estimate of drug-likeness (QED) is 0.434. The van der Waals surface area contributed by atoms with Crippen LogP contribution in [0.2, 0.25) is 0 Å². The van der Waals surface area contributed by atoms with Gasteiger partial charge in [0.15, 0.2) is 0 Å². The molecule has 2 aromatic carbocycles. The summed E-state index contributed by atoms with van der Waals surface area (Å²) in [7, 11) is 1.57. The maximum atomic E-state index is 14.2. The Morgan fingerprint density at radius 2 is 1.72 bits per heavy atom. The smallest absolute Gasteiger partial charge is 0.392 e. The molecule has 0 atom stereocenters. The van der Waals surface area contributed by atoms with E-state index < -0.39 is 23.8 Å². The number of aromatic nitrogens is 1. The van der Waals surface area contributed by atoms with Crippen LogP contribution in [0.4, 0.5) is 22.4 Å². The first-order valence-electron chi connectivity index (χ1n) is 10.2. The molecule has 1 aromatic heterocycles. The van der Waals surface area contributed by atoms with E-state index in [1.54, 1.807) is 37.4 Å². The van der Waals surface area contributed by atoms with E-state index in [9.17, 15) is 22.4 Å². The Hall–Kier alpha value is -3.29. The molecule has 1 aliphatic carbocycles. The standard InChI is InChI=1S/C24H22F4N2O2/c1-15-20(17-8-10-18(25)11-9-17)22(32-23(31)29(2)19-12-13-19)30(21(15)24(26,27)28)14-16-6-4-3-5-7-16/h3-11,19H,12-14H2,1-2H3. The van der Waals surface area contributed by atoms with E-state index in [1.807, 2.05) is 0 Å². The lowest BCUT2D eigenvalue weighted by atomic mass is 10.0. The molecule has 3 aromatic rings. The lowest BCUT2D eigenvalue weighted by Gasteiger charge is -2.19. The fourth-order valence-corrected chi connectivity index (χ4v) is 3.83. The minimum Gasteiger partial charge on any atom is -0.392 e. The highest BCUT2D eigenvalue weighted by atomic mass is 19.4. The number of alkyl halides is 3. The molecule has 4 rings (SSSR count). The van der Waals surface area contributed by atoms with Crippen LogP contribution in [-0.2, 0) is 12.7 Å². The van der Waals surface area contributed by atoms with E-state index in [0.717, 1.165) is 17.4 Å². The average Bonchev–Trinajstić information content (AvgIpc) is 3.55. The Labute approximate surface area is 183 Å². The number of hydrogen-bond acceptors (Lipinski definition) is 2. The van der Waals surface area contributed by atoms with Gasteiger partial charge in [-0.05, 0) is 48.6 Å². The van der Waals surface area contributed by atoms with Crippen molar-refractivity contribution < 1.29 is 27.1 Å². The van der Waals surface area contributed by atoms with Crippen molar-refractivity contribution in [1.29, 1.82) is 0 Å². The first-order valence-corrected chi connectivity index (χ1v) is 10.2. The second kappa shape index (κ2) is 8.33. The van der Waals surface area contributed by atoms with E-state index in [4.69, 9.17) is 4.74 Å². The Balaban J connectivity index is 1.90. The summed E-state index contributed by atoms with van der Waals surface area (Å²) in [6.45, 7) is 1.19. The van der Waals surface area contributed by atoms with E-state index in [-0.39, 0.29) is 29.6 Å². The van der Waals surface area contributed by atoms with E-state index in [0.29, 0.717) is 11.1 Å². The van der Waals surface area contributed by atoms with Crippen molar-refractivity contribution in [2.45, 2.75) is 38.5 Å². The van der Waals surface area contributed by atoms with Gasteiger partial charge in [-0.2, -0.15) is 13.2 Å². The van der Waals surface area contributed by atoms with Gasteiger partial charge >= 0.3 is 12.3 Å². The number of ether oxygens (including phenoxy) is 1. The Bertz CT molecular complexity index is 1120. The highest BCUT2D eigenvalue weighted by Crippen LogP contribution is 2.45. The molecule has 0 aliphatic heterocycles. The van der Waals surface area contributed by atoms with Crippen molar-refractivity contribution in [2.75, 3.05) is 7.05 Å². The van der Waals surface area contributed by atoms with Gasteiger partial charge in [-0.15, -0.1) is 0 Å². The van der Waals surface area contributed by atoms with Crippen molar-refractivity contribution in [3.8, 4) is 17.0 Å². The zero-order valence-corrected chi connectivity index (χ0v) is 17.6. The van der Waals surface area contributed by atoms with Crippen molar-refractivity contribution in [2.24, 2.45) is 0 Å². The molecule has 0 spiro atoms. The summed E-state index contributed by atoms with van der Waals surface area (Å²) in [4.78, 5) is 14.2. The molecule has 168 valence electrons. The first-order chi connectivity index (χ1) is 15.2. The number of amides is 1. The topological polar surface area (TPSA) is 34.5 Å². The third kappa shape index (κ3) is 4.35. The van der Waals surface area contributed by atoms with Gasteiger partial charge in [0, 0.05) is 18.7 Å². The monoisotopic (exact) mass is 446 g/mol. The average molecular weight is 446 g/mol. The molecule has 1 heterocycles. The van der Waals surface area contributed by atoms with Crippen LogP contribution in [0.25, 0.3) is 11.1 Å². The molecular formula is C24H22F4N2O2. The van der Waals surface area contributed by atoms with Crippen LogP contribution in [-0.4, -0.2) is 28.6 Å². The summed E-state index contributed by atoms with van der Waals surface area (Å²) in [6, 6.07) is 13.8. The van der Waals surface area contributed by atoms with Crippen LogP contribution < -0.4 is 4.74 Å². The van der Waals surface area contributed by atoms with Gasteiger partial charge in [-0.3, -0.25) is 0 Å². The summed E-state index contributed by atoms with van der Waals surface area (Å²) in [5.74, 6) is -0.721. The highest BCUT2D eigenvalue weighted by molar-refractivity contribution is 5.80. The third-order valence-corrected chi connectivity index (χ3v) is 5.61. The number of rotatable bonds is 5. The molecule has 0 saturated heterocycles. The van der Waals surface area contributed by atoms with Crippen LogP contribution in [0, 0.1) is 12.7 Å². The fraction of sp³-hybridized carbons (Fsp3) is 0.292. The lowest BCUT2D eigenvalue weighted by Crippen LogP contribution is -2.32. The van der Waals surface area contributed by atoms with Crippen molar-refractivity contribution >= 4 is 6.09 Å². The van der Waals surface area contributed by atoms with Crippen molar-refractivity contribution in [1.82, 2.24) is 9.47 Å². The Kier molecular flexibility index (Phi) is 5.71. The summed E-state index contributed by atoms with van der Waals surface area (Å²) >= 11 is 0. The van der Waals surface area contributed by atoms with Gasteiger partial charge in [0.25, 0.3) is 0 Å². The summed E-state index contributed by atoms with van der Waals surface area (Å²) < 4.78 is 62.7. The number of benzene rings is 2. The van der Waals surface area contributed by atoms with Crippen LogP contribution in [0.1, 0.15) is 29.7 Å². The van der Waals surface area contributed by atoms with Crippen molar-refractivity contribution in [3.63, 3.8) is 0 Å². The van der Waals surface area contributed by atoms with Crippen LogP contribution in [0.15, 0.2) is 54.6 Å². The molecule has 1 fully saturated rings. The van der Waals surface area contributed by atoms with Gasteiger partial charge in [0.1, 0.15) is 11.5 Å². The zero-order chi connectivity index (χ0) is 23.0. The number of carbonyl (C=O) groups excluding carboxylic acids is 1. The predicted molar refractivity (Wildman–Crippen MR) is 112 cm³/mol. The Morgan fingerprint density at radius 3 is 2.28 bits per heavy atom. The van der Waals surface area contributed by atoms with E-state index in [2.05, 4.69) is 0 Å². The summed E-state index contributed by atoms with van der Waals surface area (Å²) in [5.41, 5.74) is 0.0739. The molecule has 0 bridgehead atoms. The Morgan fingerprint density at radius 1 is 1.09 bits per heavy atom. The minimum absolute atomic E-state index is 0.0255. The summed E-state index contributed by atoms with van der Waals surface area (Å²) in [5, 5.41) is 0. The molecule has 1 amide bonds. The molecule has 4 nitrogen and oxygen atoms in total. The SMILES string of the molecule is Cc1c(-c2ccc(F)cc2)c(OC(=O)N(C)C2CC2)n(Cc2ccccc2)c1C(F)(F)F. The molecule has 1 saturated carbocycles. The third-order valence-electron chi connectivity index (χ3n) is 5.61. The number of carbonyl (C=O) groups is 1. The van der Waals surface area contributed by atoms with E-state index >= 15 is 0 Å². The first kappa shape index (κ1) is 21.9. The molecule has 0 unspecified atom stereocenters.